The minimum atomic E-state index is -0.483. The van der Waals surface area contributed by atoms with Crippen LogP contribution in [0.5, 0.6) is 11.5 Å². The minimum Gasteiger partial charge on any atom is -0.497 e. The number of carbonyl (C=O) groups is 1. The molecule has 0 aliphatic carbocycles. The second-order valence-corrected chi connectivity index (χ2v) is 6.25. The van der Waals surface area contributed by atoms with Crippen LogP contribution in [0.4, 0.5) is 0 Å². The number of para-hydroxylation sites is 1. The molecule has 130 valence electrons. The predicted molar refractivity (Wildman–Crippen MR) is 95.4 cm³/mol. The first-order chi connectivity index (χ1) is 12.1. The van der Waals surface area contributed by atoms with E-state index in [2.05, 4.69) is 0 Å². The average molecular weight is 359 g/mol. The summed E-state index contributed by atoms with van der Waals surface area (Å²) in [6, 6.07) is 12.6. The van der Waals surface area contributed by atoms with Gasteiger partial charge in [-0.1, -0.05) is 23.5 Å². The number of aromatic nitrogens is 1. The van der Waals surface area contributed by atoms with E-state index in [0.717, 1.165) is 27.1 Å². The van der Waals surface area contributed by atoms with Crippen LogP contribution in [0.1, 0.15) is 5.56 Å². The zero-order chi connectivity index (χ0) is 17.8. The quantitative estimate of drug-likeness (QED) is 0.633. The lowest BCUT2D eigenvalue weighted by molar-refractivity contribution is -0.145. The van der Waals surface area contributed by atoms with Gasteiger partial charge in [-0.05, 0) is 24.3 Å². The summed E-state index contributed by atoms with van der Waals surface area (Å²) >= 11 is 1.11. The summed E-state index contributed by atoms with van der Waals surface area (Å²) in [7, 11) is 3.11. The van der Waals surface area contributed by atoms with Crippen LogP contribution in [-0.2, 0) is 22.7 Å². The van der Waals surface area contributed by atoms with Gasteiger partial charge < -0.3 is 14.2 Å². The van der Waals surface area contributed by atoms with Crippen molar-refractivity contribution < 1.29 is 19.0 Å². The molecule has 0 aliphatic rings. The molecule has 0 saturated heterocycles. The number of methoxy groups -OCH3 is 2. The van der Waals surface area contributed by atoms with Crippen molar-refractivity contribution in [2.75, 3.05) is 14.2 Å². The van der Waals surface area contributed by atoms with Crippen molar-refractivity contribution >= 4 is 27.5 Å². The lowest BCUT2D eigenvalue weighted by atomic mass is 10.2. The number of hydrogen-bond donors (Lipinski definition) is 0. The number of rotatable bonds is 6. The highest BCUT2D eigenvalue weighted by atomic mass is 32.1. The zero-order valence-electron chi connectivity index (χ0n) is 13.9. The lowest BCUT2D eigenvalue weighted by Crippen LogP contribution is -2.20. The number of ether oxygens (including phenoxy) is 3. The molecule has 0 saturated carbocycles. The van der Waals surface area contributed by atoms with Gasteiger partial charge >= 0.3 is 10.8 Å². The first-order valence-electron chi connectivity index (χ1n) is 7.57. The number of esters is 1. The second-order valence-electron chi connectivity index (χ2n) is 5.26. The molecule has 1 aromatic heterocycles. The maximum absolute atomic E-state index is 12.2. The molecule has 0 amide bonds. The van der Waals surface area contributed by atoms with Crippen molar-refractivity contribution in [2.45, 2.75) is 13.2 Å². The first-order valence-corrected chi connectivity index (χ1v) is 8.39. The molecule has 0 atom stereocenters. The predicted octanol–water partition coefficient (Wildman–Crippen LogP) is 2.82. The standard InChI is InChI=1S/C18H17NO5S/c1-22-13-8-7-12(15(9-13)23-2)11-24-17(20)10-19-14-5-3-4-6-16(14)25-18(19)21/h3-9H,10-11H2,1-2H3. The molecule has 0 unspecified atom stereocenters. The van der Waals surface area contributed by atoms with E-state index in [4.69, 9.17) is 14.2 Å². The van der Waals surface area contributed by atoms with Crippen LogP contribution in [0.15, 0.2) is 47.3 Å². The van der Waals surface area contributed by atoms with Crippen LogP contribution < -0.4 is 14.3 Å². The number of thiazole rings is 1. The Bertz CT molecular complexity index is 959. The molecular formula is C18H17NO5S. The van der Waals surface area contributed by atoms with Crippen molar-refractivity contribution in [3.8, 4) is 11.5 Å². The molecule has 0 N–H and O–H groups in total. The first kappa shape index (κ1) is 17.0. The van der Waals surface area contributed by atoms with Crippen LogP contribution in [0, 0.1) is 0 Å². The van der Waals surface area contributed by atoms with Gasteiger partial charge in [0.15, 0.2) is 0 Å². The third-order valence-corrected chi connectivity index (χ3v) is 4.70. The fourth-order valence-electron chi connectivity index (χ4n) is 2.47. The van der Waals surface area contributed by atoms with Gasteiger partial charge in [0.2, 0.25) is 0 Å². The van der Waals surface area contributed by atoms with Gasteiger partial charge in [0, 0.05) is 11.6 Å². The molecule has 0 aliphatic heterocycles. The van der Waals surface area contributed by atoms with Gasteiger partial charge in [0.1, 0.15) is 24.7 Å². The highest BCUT2D eigenvalue weighted by Crippen LogP contribution is 2.25. The Morgan fingerprint density at radius 1 is 1.12 bits per heavy atom. The van der Waals surface area contributed by atoms with Crippen LogP contribution in [0.25, 0.3) is 10.2 Å². The summed E-state index contributed by atoms with van der Waals surface area (Å²) in [5, 5.41) is 0. The maximum atomic E-state index is 12.2. The molecule has 3 aromatic rings. The summed E-state index contributed by atoms with van der Waals surface area (Å²) in [5.74, 6) is 0.747. The Balaban J connectivity index is 1.71. The van der Waals surface area contributed by atoms with E-state index in [0.29, 0.717) is 11.5 Å². The summed E-state index contributed by atoms with van der Waals surface area (Å²) in [6.45, 7) is -0.0653. The van der Waals surface area contributed by atoms with E-state index in [1.165, 1.54) is 11.7 Å². The van der Waals surface area contributed by atoms with Crippen molar-refractivity contribution in [1.82, 2.24) is 4.57 Å². The van der Waals surface area contributed by atoms with E-state index in [-0.39, 0.29) is 18.0 Å². The number of carbonyl (C=O) groups excluding carboxylic acids is 1. The molecule has 7 heteroatoms. The number of benzene rings is 2. The Morgan fingerprint density at radius 2 is 1.92 bits per heavy atom. The lowest BCUT2D eigenvalue weighted by Gasteiger charge is -2.11. The minimum absolute atomic E-state index is 0.0584. The molecular weight excluding hydrogens is 342 g/mol. The molecule has 0 fully saturated rings. The van der Waals surface area contributed by atoms with Gasteiger partial charge in [-0.2, -0.15) is 0 Å². The Hall–Kier alpha value is -2.80. The monoisotopic (exact) mass is 359 g/mol. The third kappa shape index (κ3) is 3.66. The van der Waals surface area contributed by atoms with Gasteiger partial charge in [0.25, 0.3) is 0 Å². The smallest absolute Gasteiger partial charge is 0.326 e. The van der Waals surface area contributed by atoms with Crippen molar-refractivity contribution in [2.24, 2.45) is 0 Å². The molecule has 2 aromatic carbocycles. The van der Waals surface area contributed by atoms with Gasteiger partial charge in [-0.15, -0.1) is 0 Å². The number of nitrogens with zero attached hydrogens (tertiary/aromatic N) is 1. The van der Waals surface area contributed by atoms with E-state index < -0.39 is 5.97 Å². The molecule has 25 heavy (non-hydrogen) atoms. The topological polar surface area (TPSA) is 66.8 Å². The molecule has 1 heterocycles. The molecule has 0 bridgehead atoms. The fourth-order valence-corrected chi connectivity index (χ4v) is 3.36. The Labute approximate surface area is 148 Å². The SMILES string of the molecule is COc1ccc(COC(=O)Cn2c(=O)sc3ccccc32)c(OC)c1. The summed E-state index contributed by atoms with van der Waals surface area (Å²) in [6.07, 6.45) is 0. The van der Waals surface area contributed by atoms with Crippen molar-refractivity contribution in [1.29, 1.82) is 0 Å². The van der Waals surface area contributed by atoms with E-state index in [1.54, 1.807) is 25.3 Å². The fraction of sp³-hybridized carbons (Fsp3) is 0.222. The Morgan fingerprint density at radius 3 is 2.68 bits per heavy atom. The summed E-state index contributed by atoms with van der Waals surface area (Å²) < 4.78 is 18.0. The third-order valence-electron chi connectivity index (χ3n) is 3.74. The second kappa shape index (κ2) is 7.40. The summed E-state index contributed by atoms with van der Waals surface area (Å²) in [4.78, 5) is 24.0. The maximum Gasteiger partial charge on any atom is 0.326 e. The highest BCUT2D eigenvalue weighted by Gasteiger charge is 2.13. The van der Waals surface area contributed by atoms with Gasteiger partial charge in [-0.3, -0.25) is 14.2 Å². The zero-order valence-corrected chi connectivity index (χ0v) is 14.7. The highest BCUT2D eigenvalue weighted by molar-refractivity contribution is 7.16. The molecule has 3 rings (SSSR count). The number of hydrogen-bond acceptors (Lipinski definition) is 6. The van der Waals surface area contributed by atoms with Crippen molar-refractivity contribution in [3.63, 3.8) is 0 Å². The van der Waals surface area contributed by atoms with Gasteiger partial charge in [-0.25, -0.2) is 0 Å². The van der Waals surface area contributed by atoms with Crippen LogP contribution >= 0.6 is 11.3 Å². The van der Waals surface area contributed by atoms with Crippen LogP contribution in [0.3, 0.4) is 0 Å². The van der Waals surface area contributed by atoms with Crippen molar-refractivity contribution in [3.05, 3.63) is 57.7 Å². The largest absolute Gasteiger partial charge is 0.497 e. The average Bonchev–Trinajstić information content (AvgIpc) is 2.95. The van der Waals surface area contributed by atoms with Crippen LogP contribution in [-0.4, -0.2) is 24.8 Å². The summed E-state index contributed by atoms with van der Waals surface area (Å²) in [5.41, 5.74) is 1.45. The number of fused-ring (bicyclic) bond motifs is 1. The Kier molecular flexibility index (Phi) is 5.04. The molecule has 6 nitrogen and oxygen atoms in total. The van der Waals surface area contributed by atoms with Crippen LogP contribution in [0.2, 0.25) is 0 Å². The van der Waals surface area contributed by atoms with E-state index >= 15 is 0 Å². The van der Waals surface area contributed by atoms with E-state index in [1.807, 2.05) is 24.3 Å². The molecule has 0 radical (unpaired) electrons. The van der Waals surface area contributed by atoms with Gasteiger partial charge in [0.05, 0.1) is 24.4 Å². The van der Waals surface area contributed by atoms with E-state index in [9.17, 15) is 9.59 Å². The normalized spacial score (nSPS) is 10.6. The molecule has 0 spiro atoms.